The van der Waals surface area contributed by atoms with Crippen LogP contribution in [-0.2, 0) is 22.5 Å². The van der Waals surface area contributed by atoms with Crippen molar-refractivity contribution in [2.24, 2.45) is 0 Å². The highest BCUT2D eigenvalue weighted by Crippen LogP contribution is 2.18. The zero-order valence-corrected chi connectivity index (χ0v) is 17.2. The molecule has 1 heterocycles. The van der Waals surface area contributed by atoms with Gasteiger partial charge in [0.1, 0.15) is 18.2 Å². The van der Waals surface area contributed by atoms with Gasteiger partial charge in [-0.2, -0.15) is 0 Å². The molecule has 1 amide bonds. The van der Waals surface area contributed by atoms with Gasteiger partial charge < -0.3 is 10.1 Å². The standard InChI is InChI=1S/C23H22FN3O4/c1-3-18-13-21(29)27(22(26-18)16-6-5-7-17(24)12-16)14-20(28)25-19-10-8-15(9-11-19)23(30)31-4-2/h5-13H,3-4,14H2,1-2H3,(H,25,28). The second-order valence-corrected chi connectivity index (χ2v) is 6.71. The van der Waals surface area contributed by atoms with E-state index in [0.29, 0.717) is 28.9 Å². The van der Waals surface area contributed by atoms with E-state index in [1.165, 1.54) is 41.0 Å². The average Bonchev–Trinajstić information content (AvgIpc) is 2.75. The van der Waals surface area contributed by atoms with Gasteiger partial charge >= 0.3 is 5.97 Å². The first-order valence-corrected chi connectivity index (χ1v) is 9.85. The molecule has 0 atom stereocenters. The minimum atomic E-state index is -0.466. The fourth-order valence-electron chi connectivity index (χ4n) is 2.98. The molecule has 3 rings (SSSR count). The Hall–Kier alpha value is -3.81. The second-order valence-electron chi connectivity index (χ2n) is 6.71. The van der Waals surface area contributed by atoms with Crippen LogP contribution in [0.4, 0.5) is 10.1 Å². The minimum Gasteiger partial charge on any atom is -0.462 e. The van der Waals surface area contributed by atoms with E-state index in [1.807, 2.05) is 6.92 Å². The fourth-order valence-corrected chi connectivity index (χ4v) is 2.98. The van der Waals surface area contributed by atoms with Crippen LogP contribution in [0.3, 0.4) is 0 Å². The third-order valence-corrected chi connectivity index (χ3v) is 4.49. The third kappa shape index (κ3) is 5.42. The van der Waals surface area contributed by atoms with E-state index in [2.05, 4.69) is 10.3 Å². The number of esters is 1. The van der Waals surface area contributed by atoms with Gasteiger partial charge in [0, 0.05) is 23.0 Å². The smallest absolute Gasteiger partial charge is 0.338 e. The highest BCUT2D eigenvalue weighted by Gasteiger charge is 2.15. The summed E-state index contributed by atoms with van der Waals surface area (Å²) in [7, 11) is 0. The monoisotopic (exact) mass is 423 g/mol. The minimum absolute atomic E-state index is 0.219. The maximum atomic E-state index is 13.7. The van der Waals surface area contributed by atoms with E-state index in [-0.39, 0.29) is 19.0 Å². The summed E-state index contributed by atoms with van der Waals surface area (Å²) < 4.78 is 19.9. The molecule has 31 heavy (non-hydrogen) atoms. The number of ether oxygens (including phenoxy) is 1. The summed E-state index contributed by atoms with van der Waals surface area (Å²) in [5, 5.41) is 2.68. The molecule has 0 fully saturated rings. The summed E-state index contributed by atoms with van der Waals surface area (Å²) >= 11 is 0. The molecule has 0 aliphatic carbocycles. The molecule has 7 nitrogen and oxygen atoms in total. The van der Waals surface area contributed by atoms with Crippen molar-refractivity contribution in [2.45, 2.75) is 26.8 Å². The Morgan fingerprint density at radius 2 is 1.84 bits per heavy atom. The number of nitrogens with zero attached hydrogens (tertiary/aromatic N) is 2. The van der Waals surface area contributed by atoms with Crippen LogP contribution in [0.25, 0.3) is 11.4 Å². The maximum Gasteiger partial charge on any atom is 0.338 e. The number of aryl methyl sites for hydroxylation is 1. The summed E-state index contributed by atoms with van der Waals surface area (Å²) in [6.45, 7) is 3.54. The van der Waals surface area contributed by atoms with E-state index in [1.54, 1.807) is 25.1 Å². The highest BCUT2D eigenvalue weighted by atomic mass is 19.1. The van der Waals surface area contributed by atoms with Crippen molar-refractivity contribution >= 4 is 17.6 Å². The number of halogens is 1. The van der Waals surface area contributed by atoms with Crippen LogP contribution in [-0.4, -0.2) is 28.0 Å². The van der Waals surface area contributed by atoms with Crippen molar-refractivity contribution in [3.05, 3.63) is 82.0 Å². The van der Waals surface area contributed by atoms with Gasteiger partial charge in [0.2, 0.25) is 5.91 Å². The van der Waals surface area contributed by atoms with Crippen molar-refractivity contribution < 1.29 is 18.7 Å². The molecule has 0 aliphatic rings. The normalized spacial score (nSPS) is 10.5. The number of rotatable bonds is 7. The van der Waals surface area contributed by atoms with Crippen LogP contribution in [0.1, 0.15) is 29.9 Å². The lowest BCUT2D eigenvalue weighted by molar-refractivity contribution is -0.116. The first-order chi connectivity index (χ1) is 14.9. The molecule has 1 aromatic heterocycles. The molecular formula is C23H22FN3O4. The van der Waals surface area contributed by atoms with Crippen molar-refractivity contribution in [3.63, 3.8) is 0 Å². The molecule has 0 bridgehead atoms. The van der Waals surface area contributed by atoms with Crippen molar-refractivity contribution in [1.82, 2.24) is 9.55 Å². The topological polar surface area (TPSA) is 90.3 Å². The first-order valence-electron chi connectivity index (χ1n) is 9.85. The summed E-state index contributed by atoms with van der Waals surface area (Å²) in [6.07, 6.45) is 0.525. The number of aromatic nitrogens is 2. The summed E-state index contributed by atoms with van der Waals surface area (Å²) in [4.78, 5) is 41.4. The fraction of sp³-hybridized carbons (Fsp3) is 0.217. The number of hydrogen-bond acceptors (Lipinski definition) is 5. The van der Waals surface area contributed by atoms with E-state index in [4.69, 9.17) is 4.74 Å². The van der Waals surface area contributed by atoms with E-state index < -0.39 is 23.3 Å². The molecule has 1 N–H and O–H groups in total. The van der Waals surface area contributed by atoms with Crippen LogP contribution >= 0.6 is 0 Å². The molecule has 0 saturated heterocycles. The number of amides is 1. The van der Waals surface area contributed by atoms with Gasteiger partial charge in [-0.15, -0.1) is 0 Å². The number of anilines is 1. The van der Waals surface area contributed by atoms with E-state index in [9.17, 15) is 18.8 Å². The highest BCUT2D eigenvalue weighted by molar-refractivity contribution is 5.93. The second kappa shape index (κ2) is 9.80. The van der Waals surface area contributed by atoms with Gasteiger partial charge in [0.25, 0.3) is 5.56 Å². The Kier molecular flexibility index (Phi) is 6.92. The first kappa shape index (κ1) is 21.9. The molecule has 3 aromatic rings. The molecule has 0 radical (unpaired) electrons. The Labute approximate surface area is 178 Å². The number of carbonyl (C=O) groups is 2. The average molecular weight is 423 g/mol. The Bertz CT molecular complexity index is 1160. The van der Waals surface area contributed by atoms with Gasteiger partial charge in [-0.25, -0.2) is 14.2 Å². The van der Waals surface area contributed by atoms with E-state index >= 15 is 0 Å². The lowest BCUT2D eigenvalue weighted by atomic mass is 10.2. The Balaban J connectivity index is 1.84. The number of hydrogen-bond donors (Lipinski definition) is 1. The lowest BCUT2D eigenvalue weighted by Gasteiger charge is -2.14. The van der Waals surface area contributed by atoms with Crippen LogP contribution < -0.4 is 10.9 Å². The molecular weight excluding hydrogens is 401 g/mol. The molecule has 0 aliphatic heterocycles. The molecule has 0 spiro atoms. The molecule has 8 heteroatoms. The zero-order chi connectivity index (χ0) is 22.4. The number of nitrogens with one attached hydrogen (secondary N) is 1. The SMILES string of the molecule is CCOC(=O)c1ccc(NC(=O)Cn2c(-c3cccc(F)c3)nc(CC)cc2=O)cc1. The number of benzene rings is 2. The van der Waals surface area contributed by atoms with Crippen LogP contribution in [0.15, 0.2) is 59.4 Å². The predicted octanol–water partition coefficient (Wildman–Crippen LogP) is 3.43. The molecule has 160 valence electrons. The van der Waals surface area contributed by atoms with Gasteiger partial charge in [0.15, 0.2) is 0 Å². The summed E-state index contributed by atoms with van der Waals surface area (Å²) in [5.74, 6) is -1.16. The van der Waals surface area contributed by atoms with Crippen LogP contribution in [0, 0.1) is 5.82 Å². The van der Waals surface area contributed by atoms with Crippen molar-refractivity contribution in [2.75, 3.05) is 11.9 Å². The quantitative estimate of drug-likeness (QED) is 0.588. The van der Waals surface area contributed by atoms with Crippen molar-refractivity contribution in [1.29, 1.82) is 0 Å². The number of carbonyl (C=O) groups excluding carboxylic acids is 2. The Morgan fingerprint density at radius 1 is 1.10 bits per heavy atom. The maximum absolute atomic E-state index is 13.7. The zero-order valence-electron chi connectivity index (χ0n) is 17.2. The van der Waals surface area contributed by atoms with Crippen molar-refractivity contribution in [3.8, 4) is 11.4 Å². The van der Waals surface area contributed by atoms with Gasteiger partial charge in [-0.1, -0.05) is 19.1 Å². The lowest BCUT2D eigenvalue weighted by Crippen LogP contribution is -2.30. The molecule has 2 aromatic carbocycles. The van der Waals surface area contributed by atoms with Gasteiger partial charge in [-0.3, -0.25) is 14.2 Å². The van der Waals surface area contributed by atoms with E-state index in [0.717, 1.165) is 0 Å². The summed E-state index contributed by atoms with van der Waals surface area (Å²) in [5.41, 5.74) is 1.37. The largest absolute Gasteiger partial charge is 0.462 e. The van der Waals surface area contributed by atoms with Crippen LogP contribution in [0.2, 0.25) is 0 Å². The predicted molar refractivity (Wildman–Crippen MR) is 114 cm³/mol. The Morgan fingerprint density at radius 3 is 2.48 bits per heavy atom. The van der Waals surface area contributed by atoms with Crippen LogP contribution in [0.5, 0.6) is 0 Å². The summed E-state index contributed by atoms with van der Waals surface area (Å²) in [6, 6.07) is 13.3. The van der Waals surface area contributed by atoms with Gasteiger partial charge in [0.05, 0.1) is 12.2 Å². The molecule has 0 saturated carbocycles. The van der Waals surface area contributed by atoms with Gasteiger partial charge in [-0.05, 0) is 49.7 Å². The molecule has 0 unspecified atom stereocenters. The third-order valence-electron chi connectivity index (χ3n) is 4.49.